The van der Waals surface area contributed by atoms with Crippen molar-refractivity contribution in [3.63, 3.8) is 0 Å². The summed E-state index contributed by atoms with van der Waals surface area (Å²) in [5.74, 6) is -1.24. The first-order valence-corrected chi connectivity index (χ1v) is 13.4. The van der Waals surface area contributed by atoms with Gasteiger partial charge in [0.05, 0.1) is 44.6 Å². The highest BCUT2D eigenvalue weighted by atomic mass is 16.8. The normalized spacial score (nSPS) is 42.4. The molecule has 0 aromatic heterocycles. The molecule has 43 heavy (non-hydrogen) atoms. The topological polar surface area (TPSA) is 296 Å². The van der Waals surface area contributed by atoms with E-state index >= 15 is 0 Å². The zero-order valence-corrected chi connectivity index (χ0v) is 22.9. The summed E-state index contributed by atoms with van der Waals surface area (Å²) >= 11 is 0. The number of aliphatic hydroxyl groups is 10. The zero-order valence-electron chi connectivity index (χ0n) is 22.9. The molecule has 0 aromatic carbocycles. The molecular weight excluding hydrogens is 590 g/mol. The lowest BCUT2D eigenvalue weighted by molar-refractivity contribution is -0.384. The van der Waals surface area contributed by atoms with Crippen molar-refractivity contribution in [3.05, 3.63) is 12.8 Å². The molecule has 3 fully saturated rings. The van der Waals surface area contributed by atoms with Crippen LogP contribution in [0.3, 0.4) is 0 Å². The summed E-state index contributed by atoms with van der Waals surface area (Å²) in [6.45, 7) is 0.803. The smallest absolute Gasteiger partial charge is 0.295 e. The molecule has 3 aliphatic heterocycles. The molecule has 3 rings (SSSR count). The largest absolute Gasteiger partial charge is 0.437 e. The van der Waals surface area contributed by atoms with Gasteiger partial charge in [0, 0.05) is 6.54 Å². The van der Waals surface area contributed by atoms with Gasteiger partial charge in [0.2, 0.25) is 6.29 Å². The SMILES string of the molecule is C=CNCC(O)C(O)C(CO)O[C@@H]1OC[C@@H](O[C@@H]2OC[C@@H](O)C(O)C2O[C@H]2OC(OC=O)[C@@H](CO)[C@H](O)C2O)[C@@H](O)C1O. The summed E-state index contributed by atoms with van der Waals surface area (Å²) in [5.41, 5.74) is 0. The van der Waals surface area contributed by atoms with Crippen molar-refractivity contribution >= 4 is 6.47 Å². The van der Waals surface area contributed by atoms with E-state index < -0.39 is 125 Å². The number of aliphatic hydroxyl groups excluding tert-OH is 10. The monoisotopic (exact) mass is 631 g/mol. The maximum atomic E-state index is 10.9. The summed E-state index contributed by atoms with van der Waals surface area (Å²) in [5, 5.41) is 105. The standard InChI is InChI=1S/C24H41NO18/c1-2-25-3-10(29)15(32)12(5-27)40-22-19(36)17(34)13(7-38-22)41-24-20(16(33)11(30)6-37-24)42-23-18(35)14(31)9(4-26)21(43-23)39-8-28/h2,8-27,29-36H,1,3-7H2/t9-,10?,11+,12?,13+,14-,15?,16?,17+,18?,19?,20?,21?,22-,23-,24-/m0/s1. The fraction of sp³-hybridized carbons (Fsp3) is 0.875. The molecule has 19 heteroatoms. The number of hydrogen-bond donors (Lipinski definition) is 11. The van der Waals surface area contributed by atoms with Gasteiger partial charge in [0.1, 0.15) is 54.9 Å². The maximum Gasteiger partial charge on any atom is 0.295 e. The van der Waals surface area contributed by atoms with Gasteiger partial charge in [-0.25, -0.2) is 0 Å². The lowest BCUT2D eigenvalue weighted by Crippen LogP contribution is -2.63. The second-order valence-electron chi connectivity index (χ2n) is 10.2. The molecule has 0 aliphatic carbocycles. The van der Waals surface area contributed by atoms with Crippen molar-refractivity contribution in [1.82, 2.24) is 5.32 Å². The Hall–Kier alpha value is -1.63. The first-order valence-electron chi connectivity index (χ1n) is 13.4. The van der Waals surface area contributed by atoms with Gasteiger partial charge in [-0.05, 0) is 6.20 Å². The Morgan fingerprint density at radius 2 is 1.53 bits per heavy atom. The molecular formula is C24H41NO18. The van der Waals surface area contributed by atoms with Crippen molar-refractivity contribution in [1.29, 1.82) is 0 Å². The minimum absolute atomic E-state index is 0.0124. The van der Waals surface area contributed by atoms with Crippen LogP contribution in [0.4, 0.5) is 0 Å². The van der Waals surface area contributed by atoms with Crippen LogP contribution < -0.4 is 5.32 Å². The van der Waals surface area contributed by atoms with Crippen LogP contribution >= 0.6 is 0 Å². The first-order chi connectivity index (χ1) is 20.5. The molecule has 19 nitrogen and oxygen atoms in total. The van der Waals surface area contributed by atoms with Gasteiger partial charge >= 0.3 is 0 Å². The highest BCUT2D eigenvalue weighted by Gasteiger charge is 2.51. The molecule has 0 aromatic rings. The van der Waals surface area contributed by atoms with Crippen LogP contribution in [0.5, 0.6) is 0 Å². The highest BCUT2D eigenvalue weighted by molar-refractivity contribution is 5.37. The highest BCUT2D eigenvalue weighted by Crippen LogP contribution is 2.32. The lowest BCUT2D eigenvalue weighted by Gasteiger charge is -2.46. The Morgan fingerprint density at radius 3 is 2.16 bits per heavy atom. The zero-order chi connectivity index (χ0) is 31.8. The van der Waals surface area contributed by atoms with E-state index in [1.165, 1.54) is 6.20 Å². The van der Waals surface area contributed by atoms with Crippen molar-refractivity contribution in [2.45, 2.75) is 92.3 Å². The predicted octanol–water partition coefficient (Wildman–Crippen LogP) is -7.07. The molecule has 3 saturated heterocycles. The molecule has 11 N–H and O–H groups in total. The molecule has 0 spiro atoms. The Morgan fingerprint density at radius 1 is 0.860 bits per heavy atom. The number of ether oxygens (including phenoxy) is 7. The average molecular weight is 632 g/mol. The summed E-state index contributed by atoms with van der Waals surface area (Å²) < 4.78 is 37.5. The van der Waals surface area contributed by atoms with E-state index in [1.54, 1.807) is 0 Å². The van der Waals surface area contributed by atoms with Gasteiger partial charge < -0.3 is 89.5 Å². The summed E-state index contributed by atoms with van der Waals surface area (Å²) in [6, 6.07) is 0. The second kappa shape index (κ2) is 16.6. The summed E-state index contributed by atoms with van der Waals surface area (Å²) in [6.07, 6.45) is -23.1. The Labute approximate surface area is 245 Å². The van der Waals surface area contributed by atoms with Crippen LogP contribution in [-0.2, 0) is 38.0 Å². The molecule has 0 radical (unpaired) electrons. The lowest BCUT2D eigenvalue weighted by atomic mass is 9.94. The van der Waals surface area contributed by atoms with E-state index in [0.717, 1.165) is 0 Å². The van der Waals surface area contributed by atoms with Crippen molar-refractivity contribution < 1.29 is 89.0 Å². The Balaban J connectivity index is 1.66. The predicted molar refractivity (Wildman–Crippen MR) is 134 cm³/mol. The van der Waals surface area contributed by atoms with Crippen LogP contribution in [0.2, 0.25) is 0 Å². The van der Waals surface area contributed by atoms with E-state index in [4.69, 9.17) is 33.2 Å². The van der Waals surface area contributed by atoms with Crippen LogP contribution in [-0.4, -0.2) is 183 Å². The minimum atomic E-state index is -1.83. The summed E-state index contributed by atoms with van der Waals surface area (Å²) in [4.78, 5) is 10.9. The molecule has 16 atom stereocenters. The van der Waals surface area contributed by atoms with Crippen LogP contribution in [0, 0.1) is 5.92 Å². The van der Waals surface area contributed by atoms with E-state index in [-0.39, 0.29) is 13.0 Å². The fourth-order valence-corrected chi connectivity index (χ4v) is 4.72. The Bertz CT molecular complexity index is 857. The summed E-state index contributed by atoms with van der Waals surface area (Å²) in [7, 11) is 0. The van der Waals surface area contributed by atoms with Gasteiger partial charge in [0.15, 0.2) is 18.9 Å². The number of hydrogen-bond acceptors (Lipinski definition) is 19. The molecule has 8 unspecified atom stereocenters. The van der Waals surface area contributed by atoms with Gasteiger partial charge in [-0.2, -0.15) is 0 Å². The maximum absolute atomic E-state index is 10.9. The average Bonchev–Trinajstić information content (AvgIpc) is 2.99. The molecule has 0 saturated carbocycles. The van der Waals surface area contributed by atoms with Gasteiger partial charge in [0.25, 0.3) is 6.47 Å². The molecule has 0 amide bonds. The quantitative estimate of drug-likeness (QED) is 0.0748. The molecule has 3 aliphatic rings. The van der Waals surface area contributed by atoms with Crippen LogP contribution in [0.25, 0.3) is 0 Å². The van der Waals surface area contributed by atoms with Gasteiger partial charge in [-0.3, -0.25) is 4.79 Å². The third-order valence-electron chi connectivity index (χ3n) is 7.29. The number of nitrogens with one attached hydrogen (secondary N) is 1. The third kappa shape index (κ3) is 8.55. The number of carbonyl (C=O) groups is 1. The van der Waals surface area contributed by atoms with E-state index in [1.807, 2.05) is 0 Å². The number of carbonyl (C=O) groups excluding carboxylic acids is 1. The number of rotatable bonds is 15. The molecule has 0 bridgehead atoms. The van der Waals surface area contributed by atoms with Crippen LogP contribution in [0.15, 0.2) is 12.8 Å². The van der Waals surface area contributed by atoms with Crippen LogP contribution in [0.1, 0.15) is 0 Å². The van der Waals surface area contributed by atoms with Gasteiger partial charge in [-0.1, -0.05) is 6.58 Å². The van der Waals surface area contributed by atoms with Crippen molar-refractivity contribution in [2.75, 3.05) is 33.0 Å². The Kier molecular flexibility index (Phi) is 13.8. The minimum Gasteiger partial charge on any atom is -0.437 e. The first kappa shape index (κ1) is 35.8. The molecule has 250 valence electrons. The molecule has 3 heterocycles. The van der Waals surface area contributed by atoms with Crippen molar-refractivity contribution in [2.24, 2.45) is 5.92 Å². The van der Waals surface area contributed by atoms with Gasteiger partial charge in [-0.15, -0.1) is 0 Å². The van der Waals surface area contributed by atoms with Crippen molar-refractivity contribution in [3.8, 4) is 0 Å². The second-order valence-corrected chi connectivity index (χ2v) is 10.2. The van der Waals surface area contributed by atoms with E-state index in [9.17, 15) is 55.9 Å². The fourth-order valence-electron chi connectivity index (χ4n) is 4.72. The van der Waals surface area contributed by atoms with E-state index in [0.29, 0.717) is 0 Å². The van der Waals surface area contributed by atoms with E-state index in [2.05, 4.69) is 11.9 Å². The third-order valence-corrected chi connectivity index (χ3v) is 7.29.